The summed E-state index contributed by atoms with van der Waals surface area (Å²) in [5.41, 5.74) is 4.95. The lowest BCUT2D eigenvalue weighted by Crippen LogP contribution is -2.34. The molecule has 0 aliphatic heterocycles. The predicted molar refractivity (Wildman–Crippen MR) is 86.8 cm³/mol. The number of rotatable bonds is 8. The summed E-state index contributed by atoms with van der Waals surface area (Å²) in [6.07, 6.45) is 0.654. The van der Waals surface area contributed by atoms with Gasteiger partial charge >= 0.3 is 12.4 Å². The van der Waals surface area contributed by atoms with Gasteiger partial charge in [-0.05, 0) is 38.1 Å². The number of ether oxygens (including phenoxy) is 1. The van der Waals surface area contributed by atoms with Crippen molar-refractivity contribution < 1.29 is 18.7 Å². The van der Waals surface area contributed by atoms with Crippen molar-refractivity contribution in [3.05, 3.63) is 22.7 Å². The van der Waals surface area contributed by atoms with Crippen LogP contribution in [0, 0.1) is 0 Å². The molecule has 1 heterocycles. The first-order valence-electron chi connectivity index (χ1n) is 6.77. The van der Waals surface area contributed by atoms with Gasteiger partial charge < -0.3 is 24.4 Å². The van der Waals surface area contributed by atoms with Crippen LogP contribution in [0.1, 0.15) is 33.4 Å². The zero-order valence-electron chi connectivity index (χ0n) is 13.0. The number of hydrogen-bond acceptors (Lipinski definition) is 7. The molecule has 0 aromatic carbocycles. The molecule has 0 saturated carbocycles. The second kappa shape index (κ2) is 8.14. The topological polar surface area (TPSA) is 109 Å². The highest BCUT2D eigenvalue weighted by Crippen LogP contribution is 2.44. The molecule has 3 unspecified atom stereocenters. The van der Waals surface area contributed by atoms with Crippen molar-refractivity contribution in [2.75, 3.05) is 12.8 Å². The van der Waals surface area contributed by atoms with E-state index in [1.165, 1.54) is 23.9 Å². The molecular formula is C12H22N3O5PS. The molecule has 1 aromatic heterocycles. The van der Waals surface area contributed by atoms with E-state index in [-0.39, 0.29) is 11.9 Å². The Morgan fingerprint density at radius 3 is 2.68 bits per heavy atom. The van der Waals surface area contributed by atoms with Gasteiger partial charge in [-0.3, -0.25) is 4.57 Å². The Labute approximate surface area is 134 Å². The van der Waals surface area contributed by atoms with E-state index in [0.717, 1.165) is 0 Å². The summed E-state index contributed by atoms with van der Waals surface area (Å²) in [6.45, 7) is 2.06. The van der Waals surface area contributed by atoms with Crippen LogP contribution in [-0.4, -0.2) is 33.8 Å². The van der Waals surface area contributed by atoms with Crippen molar-refractivity contribution in [3.8, 4) is 0 Å². The van der Waals surface area contributed by atoms with Crippen molar-refractivity contribution in [2.45, 2.75) is 45.6 Å². The van der Waals surface area contributed by atoms with E-state index < -0.39 is 24.7 Å². The van der Waals surface area contributed by atoms with Gasteiger partial charge in [0.05, 0.1) is 12.2 Å². The molecule has 0 aliphatic carbocycles. The van der Waals surface area contributed by atoms with Crippen LogP contribution in [0.5, 0.6) is 0 Å². The summed E-state index contributed by atoms with van der Waals surface area (Å²) in [6, 6.07) is 1.51. The van der Waals surface area contributed by atoms with Crippen LogP contribution in [0.4, 0.5) is 5.82 Å². The summed E-state index contributed by atoms with van der Waals surface area (Å²) in [4.78, 5) is 25.1. The lowest BCUT2D eigenvalue weighted by molar-refractivity contribution is -0.0910. The van der Waals surface area contributed by atoms with Crippen molar-refractivity contribution in [3.63, 3.8) is 0 Å². The highest BCUT2D eigenvalue weighted by Gasteiger charge is 2.26. The molecule has 0 bridgehead atoms. The molecule has 0 spiro atoms. The van der Waals surface area contributed by atoms with E-state index in [1.54, 1.807) is 13.8 Å². The zero-order valence-corrected chi connectivity index (χ0v) is 14.7. The minimum Gasteiger partial charge on any atom is -0.383 e. The van der Waals surface area contributed by atoms with Crippen LogP contribution in [0.3, 0.4) is 0 Å². The molecule has 0 fully saturated rings. The number of nitrogens with zero attached hydrogens (tertiary/aromatic N) is 2. The van der Waals surface area contributed by atoms with Gasteiger partial charge in [-0.2, -0.15) is 4.98 Å². The van der Waals surface area contributed by atoms with Crippen LogP contribution >= 0.6 is 6.72 Å². The number of aromatic nitrogens is 2. The molecule has 4 atom stereocenters. The third kappa shape index (κ3) is 5.42. The fraction of sp³-hybridized carbons (Fsp3) is 0.667. The highest BCUT2D eigenvalue weighted by atomic mass is 32.5. The third-order valence-electron chi connectivity index (χ3n) is 3.07. The van der Waals surface area contributed by atoms with E-state index in [0.29, 0.717) is 6.42 Å². The zero-order chi connectivity index (χ0) is 16.9. The average molecular weight is 351 g/mol. The van der Waals surface area contributed by atoms with Crippen LogP contribution in [0.25, 0.3) is 0 Å². The highest BCUT2D eigenvalue weighted by molar-refractivity contribution is 8.07. The first kappa shape index (κ1) is 19.2. The maximum atomic E-state index is 11.8. The summed E-state index contributed by atoms with van der Waals surface area (Å²) >= 11 is 4.82. The van der Waals surface area contributed by atoms with Gasteiger partial charge in [-0.15, -0.1) is 0 Å². The molecule has 0 radical (unpaired) electrons. The first-order chi connectivity index (χ1) is 10.2. The van der Waals surface area contributed by atoms with Gasteiger partial charge in [0.25, 0.3) is 0 Å². The predicted octanol–water partition coefficient (Wildman–Crippen LogP) is 1.41. The number of nitrogens with two attached hydrogens (primary N) is 1. The smallest absolute Gasteiger partial charge is 0.351 e. The lowest BCUT2D eigenvalue weighted by Gasteiger charge is -2.29. The fourth-order valence-electron chi connectivity index (χ4n) is 1.88. The number of anilines is 1. The molecule has 22 heavy (non-hydrogen) atoms. The Bertz CT molecular complexity index is 596. The molecule has 126 valence electrons. The van der Waals surface area contributed by atoms with E-state index >= 15 is 0 Å². The SMILES string of the molecule is CC[C@H](OC(C)n1ccc(N)nc1=O)C(C)OP(O)(=S)OC. The van der Waals surface area contributed by atoms with Crippen molar-refractivity contribution >= 4 is 24.3 Å². The molecule has 1 rings (SSSR count). The first-order valence-corrected chi connectivity index (χ1v) is 9.36. The number of hydrogen-bond donors (Lipinski definition) is 2. The Hall–Kier alpha value is -0.830. The second-order valence-corrected chi connectivity index (χ2v) is 7.58. The van der Waals surface area contributed by atoms with Gasteiger partial charge in [-0.25, -0.2) is 4.79 Å². The van der Waals surface area contributed by atoms with E-state index in [9.17, 15) is 9.69 Å². The van der Waals surface area contributed by atoms with Crippen LogP contribution < -0.4 is 11.4 Å². The Balaban J connectivity index is 2.80. The average Bonchev–Trinajstić information content (AvgIpc) is 2.43. The molecule has 1 aromatic rings. The second-order valence-electron chi connectivity index (χ2n) is 4.69. The van der Waals surface area contributed by atoms with Gasteiger partial charge in [0.1, 0.15) is 12.0 Å². The molecule has 8 nitrogen and oxygen atoms in total. The molecule has 0 aliphatic rings. The van der Waals surface area contributed by atoms with Gasteiger partial charge in [0, 0.05) is 13.3 Å². The Morgan fingerprint density at radius 2 is 2.18 bits per heavy atom. The van der Waals surface area contributed by atoms with Crippen molar-refractivity contribution in [1.82, 2.24) is 9.55 Å². The molecule has 10 heteroatoms. The van der Waals surface area contributed by atoms with E-state index in [2.05, 4.69) is 4.98 Å². The standard InChI is InChI=1S/C12H22N3O5PS/c1-5-10(8(2)20-21(17,22)18-4)19-9(3)15-7-6-11(13)14-12(15)16/h6-10H,5H2,1-4H3,(H,17,22)(H2,13,14,16)/t8?,9?,10-,21?/m0/s1. The molecule has 3 N–H and O–H groups in total. The molecule has 0 saturated heterocycles. The fourth-order valence-corrected chi connectivity index (χ4v) is 2.93. The number of nitrogen functional groups attached to an aromatic ring is 1. The van der Waals surface area contributed by atoms with E-state index in [1.807, 2.05) is 6.92 Å². The van der Waals surface area contributed by atoms with Crippen LogP contribution in [-0.2, 0) is 25.6 Å². The maximum Gasteiger partial charge on any atom is 0.351 e. The summed E-state index contributed by atoms with van der Waals surface area (Å²) in [7, 11) is 1.29. The molecular weight excluding hydrogens is 329 g/mol. The minimum absolute atomic E-state index is 0.151. The molecule has 0 amide bonds. The monoisotopic (exact) mass is 351 g/mol. The van der Waals surface area contributed by atoms with Crippen LogP contribution in [0.15, 0.2) is 17.1 Å². The normalized spacial score (nSPS) is 18.4. The summed E-state index contributed by atoms with van der Waals surface area (Å²) < 4.78 is 17.2. The van der Waals surface area contributed by atoms with Gasteiger partial charge in [0.2, 0.25) is 0 Å². The van der Waals surface area contributed by atoms with E-state index in [4.69, 9.17) is 31.3 Å². The largest absolute Gasteiger partial charge is 0.383 e. The Kier molecular flexibility index (Phi) is 7.11. The Morgan fingerprint density at radius 1 is 1.55 bits per heavy atom. The van der Waals surface area contributed by atoms with Crippen molar-refractivity contribution in [1.29, 1.82) is 0 Å². The van der Waals surface area contributed by atoms with Crippen molar-refractivity contribution in [2.24, 2.45) is 0 Å². The third-order valence-corrected chi connectivity index (χ3v) is 4.84. The summed E-state index contributed by atoms with van der Waals surface area (Å²) in [5, 5.41) is 0. The van der Waals surface area contributed by atoms with Gasteiger partial charge in [0.15, 0.2) is 0 Å². The quantitative estimate of drug-likeness (QED) is 0.677. The van der Waals surface area contributed by atoms with Gasteiger partial charge in [-0.1, -0.05) is 6.92 Å². The minimum atomic E-state index is -3.27. The summed E-state index contributed by atoms with van der Waals surface area (Å²) in [5.74, 6) is 0.151. The van der Waals surface area contributed by atoms with Crippen LogP contribution in [0.2, 0.25) is 0 Å². The maximum absolute atomic E-state index is 11.8. The lowest BCUT2D eigenvalue weighted by atomic mass is 10.2.